The number of fused-ring (bicyclic) bond motifs is 1. The lowest BCUT2D eigenvalue weighted by molar-refractivity contribution is 0.660. The predicted molar refractivity (Wildman–Crippen MR) is 79.3 cm³/mol. The van der Waals surface area contributed by atoms with Crippen molar-refractivity contribution in [2.75, 3.05) is 0 Å². The van der Waals surface area contributed by atoms with E-state index in [1.165, 1.54) is 22.3 Å². The third kappa shape index (κ3) is 1.69. The molecular formula is C16H18S. The van der Waals surface area contributed by atoms with E-state index in [0.717, 1.165) is 4.91 Å². The van der Waals surface area contributed by atoms with Crippen molar-refractivity contribution in [3.63, 3.8) is 0 Å². The number of allylic oxidation sites excluding steroid dienone is 4. The summed E-state index contributed by atoms with van der Waals surface area (Å²) in [5.74, 6) is 0. The van der Waals surface area contributed by atoms with E-state index < -0.39 is 0 Å². The van der Waals surface area contributed by atoms with Gasteiger partial charge in [-0.15, -0.1) is 12.6 Å². The Morgan fingerprint density at radius 3 is 2.53 bits per heavy atom. The first-order valence-electron chi connectivity index (χ1n) is 5.86. The lowest BCUT2D eigenvalue weighted by atomic mass is 9.82. The van der Waals surface area contributed by atoms with Crippen LogP contribution in [0.1, 0.15) is 31.9 Å². The molecule has 0 saturated carbocycles. The molecule has 0 fully saturated rings. The van der Waals surface area contributed by atoms with Crippen LogP contribution in [0.25, 0.3) is 5.57 Å². The van der Waals surface area contributed by atoms with Gasteiger partial charge in [-0.25, -0.2) is 0 Å². The molecule has 0 unspecified atom stereocenters. The van der Waals surface area contributed by atoms with Crippen LogP contribution >= 0.6 is 12.6 Å². The summed E-state index contributed by atoms with van der Waals surface area (Å²) in [5.41, 5.74) is 5.26. The molecule has 0 amide bonds. The summed E-state index contributed by atoms with van der Waals surface area (Å²) in [7, 11) is 0. The van der Waals surface area contributed by atoms with Gasteiger partial charge in [0.25, 0.3) is 0 Å². The highest BCUT2D eigenvalue weighted by Crippen LogP contribution is 2.51. The molecule has 88 valence electrons. The fraction of sp³-hybridized carbons (Fsp3) is 0.250. The Kier molecular flexibility index (Phi) is 3.05. The zero-order valence-corrected chi connectivity index (χ0v) is 11.5. The number of thiol groups is 1. The monoisotopic (exact) mass is 242 g/mol. The summed E-state index contributed by atoms with van der Waals surface area (Å²) in [6.45, 7) is 10.4. The van der Waals surface area contributed by atoms with Gasteiger partial charge in [0.2, 0.25) is 0 Å². The molecule has 1 heteroatoms. The summed E-state index contributed by atoms with van der Waals surface area (Å²) >= 11 is 4.58. The van der Waals surface area contributed by atoms with Gasteiger partial charge in [-0.2, -0.15) is 0 Å². The second-order valence-electron chi connectivity index (χ2n) is 4.84. The maximum atomic E-state index is 4.58. The standard InChI is InChI=1S/C16H18S/c1-5-11-12-9-7-8-10-13(12)16(3,4)15(11)14(17)6-2/h5-10,17H,2H2,1,3-4H3/b11-5-,15-14-. The predicted octanol–water partition coefficient (Wildman–Crippen LogP) is 4.75. The average Bonchev–Trinajstić information content (AvgIpc) is 2.57. The first kappa shape index (κ1) is 12.3. The molecule has 1 aliphatic carbocycles. The van der Waals surface area contributed by atoms with E-state index in [4.69, 9.17) is 0 Å². The van der Waals surface area contributed by atoms with Crippen LogP contribution in [0.15, 0.2) is 53.5 Å². The van der Waals surface area contributed by atoms with Crippen molar-refractivity contribution >= 4 is 18.2 Å². The summed E-state index contributed by atoms with van der Waals surface area (Å²) in [4.78, 5) is 0.972. The minimum Gasteiger partial charge on any atom is -0.143 e. The molecular weight excluding hydrogens is 224 g/mol. The second-order valence-corrected chi connectivity index (χ2v) is 5.32. The number of hydrogen-bond donors (Lipinski definition) is 1. The molecule has 0 nitrogen and oxygen atoms in total. The summed E-state index contributed by atoms with van der Waals surface area (Å²) in [6, 6.07) is 8.58. The molecule has 0 aliphatic heterocycles. The van der Waals surface area contributed by atoms with E-state index in [1.807, 2.05) is 6.08 Å². The van der Waals surface area contributed by atoms with Crippen LogP contribution in [0.5, 0.6) is 0 Å². The molecule has 0 atom stereocenters. The van der Waals surface area contributed by atoms with Gasteiger partial charge in [-0.3, -0.25) is 0 Å². The maximum Gasteiger partial charge on any atom is 0.0169 e. The van der Waals surface area contributed by atoms with Crippen molar-refractivity contribution in [1.29, 1.82) is 0 Å². The van der Waals surface area contributed by atoms with Crippen LogP contribution in [0.3, 0.4) is 0 Å². The highest BCUT2D eigenvalue weighted by atomic mass is 32.1. The Morgan fingerprint density at radius 2 is 1.94 bits per heavy atom. The minimum atomic E-state index is 0.00368. The molecule has 0 radical (unpaired) electrons. The lowest BCUT2D eigenvalue weighted by Crippen LogP contribution is -2.15. The van der Waals surface area contributed by atoms with Crippen molar-refractivity contribution in [3.05, 3.63) is 64.6 Å². The van der Waals surface area contributed by atoms with Crippen molar-refractivity contribution in [2.24, 2.45) is 0 Å². The quantitative estimate of drug-likeness (QED) is 0.675. The molecule has 2 rings (SSSR count). The molecule has 0 heterocycles. The van der Waals surface area contributed by atoms with Crippen LogP contribution in [0, 0.1) is 0 Å². The molecule has 1 aromatic carbocycles. The Bertz CT molecular complexity index is 530. The van der Waals surface area contributed by atoms with E-state index in [0.29, 0.717) is 0 Å². The summed E-state index contributed by atoms with van der Waals surface area (Å²) in [6.07, 6.45) is 4.00. The van der Waals surface area contributed by atoms with Gasteiger partial charge >= 0.3 is 0 Å². The highest BCUT2D eigenvalue weighted by Gasteiger charge is 2.38. The lowest BCUT2D eigenvalue weighted by Gasteiger charge is -2.23. The van der Waals surface area contributed by atoms with Gasteiger partial charge in [0.15, 0.2) is 0 Å². The minimum absolute atomic E-state index is 0.00368. The number of hydrogen-bond acceptors (Lipinski definition) is 1. The molecule has 1 aromatic rings. The Balaban J connectivity index is 2.82. The molecule has 0 bridgehead atoms. The number of benzene rings is 1. The van der Waals surface area contributed by atoms with Crippen molar-refractivity contribution in [2.45, 2.75) is 26.2 Å². The normalized spacial score (nSPS) is 22.5. The Morgan fingerprint density at radius 1 is 1.29 bits per heavy atom. The van der Waals surface area contributed by atoms with E-state index in [-0.39, 0.29) is 5.41 Å². The van der Waals surface area contributed by atoms with E-state index in [9.17, 15) is 0 Å². The Labute approximate surface area is 109 Å². The van der Waals surface area contributed by atoms with Gasteiger partial charge in [0, 0.05) is 10.3 Å². The van der Waals surface area contributed by atoms with Crippen LogP contribution in [0.2, 0.25) is 0 Å². The zero-order chi connectivity index (χ0) is 12.6. The van der Waals surface area contributed by atoms with Crippen LogP contribution in [-0.2, 0) is 5.41 Å². The smallest absolute Gasteiger partial charge is 0.0169 e. The van der Waals surface area contributed by atoms with Crippen molar-refractivity contribution in [3.8, 4) is 0 Å². The van der Waals surface area contributed by atoms with E-state index in [2.05, 4.69) is 70.3 Å². The fourth-order valence-electron chi connectivity index (χ4n) is 2.73. The van der Waals surface area contributed by atoms with Crippen LogP contribution in [0.4, 0.5) is 0 Å². The van der Waals surface area contributed by atoms with Gasteiger partial charge in [0.1, 0.15) is 0 Å². The van der Waals surface area contributed by atoms with Crippen molar-refractivity contribution in [1.82, 2.24) is 0 Å². The van der Waals surface area contributed by atoms with Crippen LogP contribution < -0.4 is 0 Å². The first-order chi connectivity index (χ1) is 8.04. The SMILES string of the molecule is C=C/C(S)=C1\C(=C/C)c2ccccc2C1(C)C. The molecule has 17 heavy (non-hydrogen) atoms. The third-order valence-electron chi connectivity index (χ3n) is 3.52. The van der Waals surface area contributed by atoms with Crippen LogP contribution in [-0.4, -0.2) is 0 Å². The summed E-state index contributed by atoms with van der Waals surface area (Å²) < 4.78 is 0. The second kappa shape index (κ2) is 4.23. The Hall–Kier alpha value is -1.21. The van der Waals surface area contributed by atoms with Gasteiger partial charge in [0.05, 0.1) is 0 Å². The molecule has 0 aromatic heterocycles. The molecule has 0 saturated heterocycles. The molecule has 0 N–H and O–H groups in total. The van der Waals surface area contributed by atoms with E-state index >= 15 is 0 Å². The number of rotatable bonds is 1. The topological polar surface area (TPSA) is 0 Å². The molecule has 1 aliphatic rings. The van der Waals surface area contributed by atoms with Gasteiger partial charge < -0.3 is 0 Å². The first-order valence-corrected chi connectivity index (χ1v) is 6.31. The zero-order valence-electron chi connectivity index (χ0n) is 10.6. The largest absolute Gasteiger partial charge is 0.143 e. The summed E-state index contributed by atoms with van der Waals surface area (Å²) in [5, 5.41) is 0. The van der Waals surface area contributed by atoms with E-state index in [1.54, 1.807) is 0 Å². The molecule has 0 spiro atoms. The fourth-order valence-corrected chi connectivity index (χ4v) is 3.13. The maximum absolute atomic E-state index is 4.58. The third-order valence-corrected chi connectivity index (χ3v) is 3.93. The highest BCUT2D eigenvalue weighted by molar-refractivity contribution is 7.84. The van der Waals surface area contributed by atoms with Gasteiger partial charge in [-0.05, 0) is 29.2 Å². The average molecular weight is 242 g/mol. The van der Waals surface area contributed by atoms with Crippen molar-refractivity contribution < 1.29 is 0 Å². The van der Waals surface area contributed by atoms with Gasteiger partial charge in [-0.1, -0.05) is 56.8 Å².